The Morgan fingerprint density at radius 3 is 1.75 bits per heavy atom. The molecule has 0 N–H and O–H groups in total. The summed E-state index contributed by atoms with van der Waals surface area (Å²) in [5, 5.41) is 0. The molecule has 0 aliphatic heterocycles. The maximum Gasteiger partial charge on any atom is 0.133 e. The van der Waals surface area contributed by atoms with Gasteiger partial charge in [-0.1, -0.05) is 0 Å². The predicted molar refractivity (Wildman–Crippen MR) is 47.2 cm³/mol. The van der Waals surface area contributed by atoms with Gasteiger partial charge in [0.25, 0.3) is 0 Å². The highest BCUT2D eigenvalue weighted by atomic mass is 16.5. The van der Waals surface area contributed by atoms with E-state index in [2.05, 4.69) is 0 Å². The number of ether oxygens (including phenoxy) is 2. The first-order valence-electron chi connectivity index (χ1n) is 4.31. The smallest absolute Gasteiger partial charge is 0.133 e. The second-order valence-electron chi connectivity index (χ2n) is 2.73. The van der Waals surface area contributed by atoms with Gasteiger partial charge in [0.05, 0.1) is 0 Å². The summed E-state index contributed by atoms with van der Waals surface area (Å²) in [5.41, 5.74) is 0. The molecule has 0 aliphatic rings. The average molecular weight is 174 g/mol. The van der Waals surface area contributed by atoms with Crippen LogP contribution in [0.25, 0.3) is 0 Å². The van der Waals surface area contributed by atoms with E-state index in [1.807, 2.05) is 0 Å². The molecule has 0 spiro atoms. The molecule has 0 aliphatic carbocycles. The second-order valence-corrected chi connectivity index (χ2v) is 2.73. The number of Topliss-reactive ketones (excluding diaryl/α,β-unsaturated/α-hetero) is 1. The Morgan fingerprint density at radius 1 is 1.00 bits per heavy atom. The van der Waals surface area contributed by atoms with Crippen LogP contribution in [0.1, 0.15) is 25.7 Å². The standard InChI is InChI=1S/C9H18O3/c1-11-7-3-5-9(10)6-4-8-12-2/h3-8H2,1-2H3. The first-order chi connectivity index (χ1) is 5.81. The molecule has 0 unspecified atom stereocenters. The summed E-state index contributed by atoms with van der Waals surface area (Å²) in [6, 6.07) is 0. The molecular formula is C9H18O3. The third-order valence-electron chi connectivity index (χ3n) is 1.61. The van der Waals surface area contributed by atoms with Crippen LogP contribution in [-0.2, 0) is 14.3 Å². The SMILES string of the molecule is COCCCC(=O)CCCOC. The Kier molecular flexibility index (Phi) is 8.39. The van der Waals surface area contributed by atoms with Gasteiger partial charge >= 0.3 is 0 Å². The van der Waals surface area contributed by atoms with Crippen molar-refractivity contribution >= 4 is 5.78 Å². The summed E-state index contributed by atoms with van der Waals surface area (Å²) >= 11 is 0. The molecule has 0 saturated carbocycles. The van der Waals surface area contributed by atoms with Crippen LogP contribution < -0.4 is 0 Å². The molecule has 0 bridgehead atoms. The van der Waals surface area contributed by atoms with E-state index in [1.165, 1.54) is 0 Å². The summed E-state index contributed by atoms with van der Waals surface area (Å²) < 4.78 is 9.68. The Labute approximate surface area is 74.0 Å². The number of ketones is 1. The quantitative estimate of drug-likeness (QED) is 0.522. The molecule has 0 rings (SSSR count). The van der Waals surface area contributed by atoms with Crippen molar-refractivity contribution in [2.75, 3.05) is 27.4 Å². The van der Waals surface area contributed by atoms with Crippen molar-refractivity contribution in [1.29, 1.82) is 0 Å². The Balaban J connectivity index is 3.10. The lowest BCUT2D eigenvalue weighted by molar-refractivity contribution is -0.119. The summed E-state index contributed by atoms with van der Waals surface area (Å²) in [4.78, 5) is 11.1. The first-order valence-corrected chi connectivity index (χ1v) is 4.31. The lowest BCUT2D eigenvalue weighted by Crippen LogP contribution is -2.02. The third-order valence-corrected chi connectivity index (χ3v) is 1.61. The van der Waals surface area contributed by atoms with E-state index < -0.39 is 0 Å². The second kappa shape index (κ2) is 8.68. The fraction of sp³-hybridized carbons (Fsp3) is 0.889. The molecule has 0 fully saturated rings. The van der Waals surface area contributed by atoms with E-state index in [1.54, 1.807) is 14.2 Å². The van der Waals surface area contributed by atoms with Crippen molar-refractivity contribution < 1.29 is 14.3 Å². The molecule has 3 heteroatoms. The molecule has 0 aromatic carbocycles. The van der Waals surface area contributed by atoms with Gasteiger partial charge in [-0.25, -0.2) is 0 Å². The predicted octanol–water partition coefficient (Wildman–Crippen LogP) is 1.41. The van der Waals surface area contributed by atoms with Crippen LogP contribution in [0.15, 0.2) is 0 Å². The monoisotopic (exact) mass is 174 g/mol. The maximum absolute atomic E-state index is 11.1. The van der Waals surface area contributed by atoms with Gasteiger partial charge < -0.3 is 9.47 Å². The molecule has 0 saturated heterocycles. The third kappa shape index (κ3) is 7.69. The van der Waals surface area contributed by atoms with Gasteiger partial charge in [-0.15, -0.1) is 0 Å². The van der Waals surface area contributed by atoms with Crippen molar-refractivity contribution in [1.82, 2.24) is 0 Å². The number of carbonyl (C=O) groups excluding carboxylic acids is 1. The normalized spacial score (nSPS) is 10.2. The van der Waals surface area contributed by atoms with E-state index in [9.17, 15) is 4.79 Å². The van der Waals surface area contributed by atoms with E-state index in [0.717, 1.165) is 12.8 Å². The number of rotatable bonds is 8. The minimum absolute atomic E-state index is 0.309. The van der Waals surface area contributed by atoms with Crippen molar-refractivity contribution in [2.45, 2.75) is 25.7 Å². The van der Waals surface area contributed by atoms with E-state index in [0.29, 0.717) is 31.8 Å². The fourth-order valence-corrected chi connectivity index (χ4v) is 0.952. The van der Waals surface area contributed by atoms with Crippen LogP contribution in [0.3, 0.4) is 0 Å². The molecule has 0 aromatic heterocycles. The lowest BCUT2D eigenvalue weighted by atomic mass is 10.1. The van der Waals surface area contributed by atoms with Crippen LogP contribution >= 0.6 is 0 Å². The van der Waals surface area contributed by atoms with Gasteiger partial charge in [-0.05, 0) is 12.8 Å². The van der Waals surface area contributed by atoms with Crippen LogP contribution in [0.4, 0.5) is 0 Å². The molecule has 0 atom stereocenters. The first kappa shape index (κ1) is 11.6. The van der Waals surface area contributed by atoms with Gasteiger partial charge in [0.2, 0.25) is 0 Å². The van der Waals surface area contributed by atoms with Crippen molar-refractivity contribution in [3.63, 3.8) is 0 Å². The highest BCUT2D eigenvalue weighted by Gasteiger charge is 2.00. The maximum atomic E-state index is 11.1. The minimum atomic E-state index is 0.309. The minimum Gasteiger partial charge on any atom is -0.385 e. The molecule has 72 valence electrons. The molecule has 3 nitrogen and oxygen atoms in total. The van der Waals surface area contributed by atoms with E-state index >= 15 is 0 Å². The summed E-state index contributed by atoms with van der Waals surface area (Å²) in [5.74, 6) is 0.309. The zero-order valence-electron chi connectivity index (χ0n) is 7.97. The van der Waals surface area contributed by atoms with Gasteiger partial charge in [0.15, 0.2) is 0 Å². The number of hydrogen-bond donors (Lipinski definition) is 0. The number of carbonyl (C=O) groups is 1. The fourth-order valence-electron chi connectivity index (χ4n) is 0.952. The topological polar surface area (TPSA) is 35.5 Å². The molecule has 0 amide bonds. The Hall–Kier alpha value is -0.410. The van der Waals surface area contributed by atoms with Gasteiger partial charge in [-0.3, -0.25) is 4.79 Å². The van der Waals surface area contributed by atoms with E-state index in [-0.39, 0.29) is 0 Å². The van der Waals surface area contributed by atoms with Crippen LogP contribution in [0.5, 0.6) is 0 Å². The highest BCUT2D eigenvalue weighted by Crippen LogP contribution is 1.98. The van der Waals surface area contributed by atoms with Gasteiger partial charge in [0, 0.05) is 40.3 Å². The molecule has 0 heterocycles. The number of methoxy groups -OCH3 is 2. The van der Waals surface area contributed by atoms with Crippen molar-refractivity contribution in [3.05, 3.63) is 0 Å². The zero-order valence-corrected chi connectivity index (χ0v) is 7.97. The van der Waals surface area contributed by atoms with Crippen molar-refractivity contribution in [2.24, 2.45) is 0 Å². The summed E-state index contributed by atoms with van der Waals surface area (Å²) in [6.45, 7) is 1.35. The zero-order chi connectivity index (χ0) is 9.23. The van der Waals surface area contributed by atoms with Crippen LogP contribution in [0, 0.1) is 0 Å². The van der Waals surface area contributed by atoms with Crippen LogP contribution in [0.2, 0.25) is 0 Å². The highest BCUT2D eigenvalue weighted by molar-refractivity contribution is 5.78. The largest absolute Gasteiger partial charge is 0.385 e. The molecular weight excluding hydrogens is 156 g/mol. The molecule has 0 aromatic rings. The van der Waals surface area contributed by atoms with Crippen molar-refractivity contribution in [3.8, 4) is 0 Å². The summed E-state index contributed by atoms with van der Waals surface area (Å²) in [7, 11) is 3.30. The average Bonchev–Trinajstić information content (AvgIpc) is 2.06. The van der Waals surface area contributed by atoms with Crippen LogP contribution in [-0.4, -0.2) is 33.2 Å². The van der Waals surface area contributed by atoms with Gasteiger partial charge in [-0.2, -0.15) is 0 Å². The summed E-state index contributed by atoms with van der Waals surface area (Å²) in [6.07, 6.45) is 2.94. The lowest BCUT2D eigenvalue weighted by Gasteiger charge is -1.99. The molecule has 12 heavy (non-hydrogen) atoms. The Morgan fingerprint density at radius 2 is 1.42 bits per heavy atom. The Bertz CT molecular complexity index is 100. The molecule has 0 radical (unpaired) electrons. The number of hydrogen-bond acceptors (Lipinski definition) is 3. The van der Waals surface area contributed by atoms with Gasteiger partial charge in [0.1, 0.15) is 5.78 Å². The van der Waals surface area contributed by atoms with E-state index in [4.69, 9.17) is 9.47 Å².